The number of unbranched alkanes of at least 4 members (excludes halogenated alkanes) is 3. The van der Waals surface area contributed by atoms with Crippen molar-refractivity contribution < 1.29 is 113 Å². The third-order valence-electron chi connectivity index (χ3n) is 15.0. The first kappa shape index (κ1) is 108. The van der Waals surface area contributed by atoms with E-state index in [0.717, 1.165) is 116 Å². The van der Waals surface area contributed by atoms with Crippen LogP contribution in [0.1, 0.15) is 133 Å². The molecule has 0 spiro atoms. The van der Waals surface area contributed by atoms with Crippen LogP contribution >= 0.6 is 24.6 Å². The van der Waals surface area contributed by atoms with Crippen molar-refractivity contribution >= 4 is 85.2 Å². The molecule has 99 heavy (non-hydrogen) atoms. The van der Waals surface area contributed by atoms with Crippen molar-refractivity contribution in [3.8, 4) is 0 Å². The number of primary amides is 1. The van der Waals surface area contributed by atoms with Gasteiger partial charge in [0.25, 0.3) is 0 Å². The first-order valence-corrected chi connectivity index (χ1v) is 34.2. The van der Waals surface area contributed by atoms with Crippen LogP contribution in [-0.2, 0) is 117 Å². The molecule has 31 heteroatoms. The zero-order chi connectivity index (χ0) is 72.7. The Labute approximate surface area is 632 Å². The molecule has 0 aromatic heterocycles. The average Bonchev–Trinajstić information content (AvgIpc) is 1.70. The number of piperidine rings is 1. The maximum atomic E-state index is 11.3. The molecule has 3 saturated heterocycles. The number of nitrogens with zero attached hydrogens (tertiary/aromatic N) is 9. The third-order valence-corrected chi connectivity index (χ3v) is 17.2. The molecule has 0 aliphatic carbocycles. The second-order valence-electron chi connectivity index (χ2n) is 22.8. The van der Waals surface area contributed by atoms with E-state index in [2.05, 4.69) is 106 Å². The van der Waals surface area contributed by atoms with E-state index in [1.54, 1.807) is 14.7 Å². The number of aldehydes is 1. The number of alkyl halides is 2. The number of amides is 3. The maximum Gasteiger partial charge on any atom is 2.00 e. The minimum Gasteiger partial charge on any atom is -0.742 e. The van der Waals surface area contributed by atoms with E-state index in [0.29, 0.717) is 56.9 Å². The minimum absolute atomic E-state index is 0. The van der Waals surface area contributed by atoms with Crippen molar-refractivity contribution in [2.75, 3.05) is 119 Å². The van der Waals surface area contributed by atoms with Crippen LogP contribution in [0.4, 0.5) is 8.78 Å². The molecular weight excluding hydrogens is 1550 g/mol. The number of aliphatic carboxylic acids is 3. The van der Waals surface area contributed by atoms with Crippen molar-refractivity contribution in [1.29, 1.82) is 5.26 Å². The first-order chi connectivity index (χ1) is 45.2. The minimum atomic E-state index is -2.82. The van der Waals surface area contributed by atoms with E-state index in [9.17, 15) is 47.1 Å². The number of carbonyl (C=O) groups is 8. The van der Waals surface area contributed by atoms with Crippen LogP contribution in [-0.4, -0.2) is 243 Å². The van der Waals surface area contributed by atoms with Crippen molar-refractivity contribution in [3.63, 3.8) is 0 Å². The fraction of sp³-hybridized carbons (Fsp3) is 0.647. The van der Waals surface area contributed by atoms with E-state index >= 15 is 0 Å². The number of halogens is 2. The monoisotopic (exact) mass is 1660 g/mol. The van der Waals surface area contributed by atoms with Crippen LogP contribution in [0.2, 0.25) is 0 Å². The Balaban J connectivity index is -0.000000208. The SMILES string of the molecule is CC.CCC1CN(O)S1.CC[C@H](C)C(S)C(N)=O.C[N-]CCCCNC.Cc1ccc(CCCCCC(=O)[S-])cc1.O.O=CCN1CCN(CC(=O)O)CCN(CC(=O)O)CN(CC(=O)O)CC1.O=CN1CCC(Cc2cccc3c2CN(C=O)C3)CC1.[C-]#N.[CH2-]CC([CH2-])(F)F.[CH3-].[V+2].[W]. The molecule has 2 aromatic carbocycles. The van der Waals surface area contributed by atoms with Crippen molar-refractivity contribution in [2.45, 2.75) is 155 Å². The molecule has 4 aliphatic heterocycles. The number of hydrogen-bond donors (Lipinski definition) is 7. The number of fused-ring (bicyclic) bond motifs is 1. The Morgan fingerprint density at radius 1 is 0.838 bits per heavy atom. The zero-order valence-corrected chi connectivity index (χ0v) is 66.8. The number of nitrogens with two attached hydrogens (primary N) is 1. The Hall–Kier alpha value is -4.22. The molecule has 1 radical (unpaired) electrons. The smallest absolute Gasteiger partial charge is 0.742 e. The van der Waals surface area contributed by atoms with E-state index < -0.39 is 30.3 Å². The second kappa shape index (κ2) is 68.2. The summed E-state index contributed by atoms with van der Waals surface area (Å²) in [7, 11) is 3.84. The molecule has 6 rings (SSSR count). The molecule has 24 nitrogen and oxygen atoms in total. The molecule has 2 unspecified atom stereocenters. The number of hydroxylamine groups is 1. The summed E-state index contributed by atoms with van der Waals surface area (Å²) in [6, 6.07) is 15.0. The average molecular weight is 1670 g/mol. The van der Waals surface area contributed by atoms with Crippen LogP contribution in [0, 0.1) is 51.9 Å². The summed E-state index contributed by atoms with van der Waals surface area (Å²) in [4.78, 5) is 97.1. The number of thiol groups is 1. The second-order valence-corrected chi connectivity index (χ2v) is 25.1. The summed E-state index contributed by atoms with van der Waals surface area (Å²) in [5, 5.41) is 49.3. The van der Waals surface area contributed by atoms with Crippen molar-refractivity contribution in [3.05, 3.63) is 103 Å². The summed E-state index contributed by atoms with van der Waals surface area (Å²) in [6.45, 7) is 30.5. The largest absolute Gasteiger partial charge is 2.00 e. The molecule has 569 valence electrons. The van der Waals surface area contributed by atoms with Gasteiger partial charge >= 0.3 is 36.5 Å². The third kappa shape index (κ3) is 58.9. The number of carbonyl (C=O) groups excluding carboxylic acids is 5. The molecular formula is C68H117F2N11O13S3VW-4. The van der Waals surface area contributed by atoms with Gasteiger partial charge in [-0.3, -0.25) is 55.3 Å². The van der Waals surface area contributed by atoms with Crippen LogP contribution in [0.15, 0.2) is 42.5 Å². The van der Waals surface area contributed by atoms with Gasteiger partial charge in [-0.25, -0.2) is 8.78 Å². The van der Waals surface area contributed by atoms with E-state index in [-0.39, 0.29) is 108 Å². The number of carboxylic acids is 3. The van der Waals surface area contributed by atoms with Gasteiger partial charge in [-0.15, -0.1) is 17.4 Å². The molecule has 2 aromatic rings. The van der Waals surface area contributed by atoms with Crippen LogP contribution in [0.5, 0.6) is 0 Å². The van der Waals surface area contributed by atoms with Gasteiger partial charge in [-0.05, 0) is 124 Å². The van der Waals surface area contributed by atoms with E-state index in [4.69, 9.17) is 38.1 Å². The number of rotatable bonds is 28. The van der Waals surface area contributed by atoms with Crippen molar-refractivity contribution in [2.24, 2.45) is 17.6 Å². The van der Waals surface area contributed by atoms with Gasteiger partial charge < -0.3 is 101 Å². The topological polar surface area (TPSA) is 348 Å². The number of carboxylic acid groups (broad SMARTS) is 3. The Morgan fingerprint density at radius 2 is 1.33 bits per heavy atom. The summed E-state index contributed by atoms with van der Waals surface area (Å²) in [5.41, 5.74) is 11.7. The van der Waals surface area contributed by atoms with Gasteiger partial charge in [0.15, 0.2) is 0 Å². The molecule has 3 amide bonds. The molecule has 0 saturated carbocycles. The number of aryl methyl sites for hydroxylation is 2. The first-order valence-electron chi connectivity index (χ1n) is 32.5. The van der Waals surface area contributed by atoms with E-state index in [1.807, 2.05) is 56.5 Å². The molecule has 4 aliphatic rings. The molecule has 3 fully saturated rings. The molecule has 0 bridgehead atoms. The van der Waals surface area contributed by atoms with Gasteiger partial charge in [-0.1, -0.05) is 102 Å². The predicted molar refractivity (Wildman–Crippen MR) is 387 cm³/mol. The zero-order valence-electron chi connectivity index (χ0n) is 59.9. The van der Waals surface area contributed by atoms with Crippen LogP contribution < -0.4 is 11.1 Å². The van der Waals surface area contributed by atoms with Gasteiger partial charge in [-0.2, -0.15) is 19.7 Å². The molecule has 9 N–H and O–H groups in total. The quantitative estimate of drug-likeness (QED) is 0.0107. The fourth-order valence-corrected chi connectivity index (χ4v) is 10.3. The van der Waals surface area contributed by atoms with Crippen molar-refractivity contribution in [1.82, 2.24) is 39.2 Å². The summed E-state index contributed by atoms with van der Waals surface area (Å²) in [5.74, 6) is -5.26. The maximum absolute atomic E-state index is 11.3. The summed E-state index contributed by atoms with van der Waals surface area (Å²) in [6.07, 6.45) is 14.9. The van der Waals surface area contributed by atoms with Crippen LogP contribution in [0.25, 0.3) is 5.32 Å². The van der Waals surface area contributed by atoms with Gasteiger partial charge in [0.2, 0.25) is 18.7 Å². The molecule has 3 atom stereocenters. The fourth-order valence-electron chi connectivity index (χ4n) is 9.28. The Bertz CT molecular complexity index is 2410. The Morgan fingerprint density at radius 3 is 1.73 bits per heavy atom. The number of nitrogens with one attached hydrogen (secondary N) is 1. The summed E-state index contributed by atoms with van der Waals surface area (Å²) < 4.78 is 23.8. The Kier molecular flexibility index (Phi) is 74.6. The number of hydrogen-bond acceptors (Lipinski definition) is 19. The predicted octanol–water partition coefficient (Wildman–Crippen LogP) is 7.71. The van der Waals surface area contributed by atoms with E-state index in [1.165, 1.54) is 63.5 Å². The normalized spacial score (nSPS) is 15.9. The molecule has 4 heterocycles. The van der Waals surface area contributed by atoms with Gasteiger partial charge in [0.1, 0.15) is 12.2 Å². The summed E-state index contributed by atoms with van der Waals surface area (Å²) >= 11 is 10.0. The van der Waals surface area contributed by atoms with Gasteiger partial charge in [0.05, 0.1) is 38.1 Å². The number of likely N-dealkylation sites (tertiary alicyclic amines) is 1. The standard InChI is InChI=1S/C16H20N2O2.C15H26N4O7.C13H18OS.C6H15N2.C6H13NOS.C4H6F2.C4H9NOS.C2H6.CN.CH3.H2O.V.W/c19-11-17-6-4-13(5-7-17)8-14-2-1-3-15-9-18(12-20)10-16(14)15;20-8-7-16-1-3-17(9-13(21)22)4-6-19(11-15(25)26)12-18(5-2-16)10-14(23)24;1-11-7-9-12(10-8-11)5-3-2-4-6-13(14)15;1-7-5-3-4-6-8-2;1-3-4(2)5(9)6(7)8;1-3-4(2,5)6;1-2-4-3-5(6)7-4;2*1-2;;;;/h1-3,11-13H,4-10H2;8H,1-7,9-12H2,(H,21,22)(H,23,24)(H,25,26);7-10H,2-6H2,1H3,(H,14,15);7H,3-6H2,1-2H3;4-5,9H,3H2,1-2H3,(H2,7,8);1-3H2;4,6H,2-3H2,1H3;1-2H3;;1H3;1H2;;/q;;;-1;;-2;;;2*-1;;+2;/p-1/t;;;;4-,5?;;;;;;;;/m....0......../s1. The van der Waals surface area contributed by atoms with Crippen LogP contribution in [0.3, 0.4) is 0 Å². The van der Waals surface area contributed by atoms with Gasteiger partial charge in [0, 0.05) is 103 Å². The number of benzene rings is 2.